The Morgan fingerprint density at radius 2 is 2.67 bits per heavy atom. The first-order chi connectivity index (χ1) is 5.70. The molecule has 0 bridgehead atoms. The van der Waals surface area contributed by atoms with E-state index in [9.17, 15) is 4.79 Å². The molecule has 5 heteroatoms. The Labute approximate surface area is 74.4 Å². The molecular weight excluding hydrogens is 176 g/mol. The molecule has 0 saturated carbocycles. The lowest BCUT2D eigenvalue weighted by Gasteiger charge is -2.02. The van der Waals surface area contributed by atoms with Crippen molar-refractivity contribution in [1.29, 1.82) is 0 Å². The molecule has 0 radical (unpaired) electrons. The smallest absolute Gasteiger partial charge is 0.307 e. The Morgan fingerprint density at radius 1 is 1.92 bits per heavy atom. The SMILES string of the molecule is CC(CSc1ncc[nH]1)C(=O)O. The van der Waals surface area contributed by atoms with Crippen LogP contribution in [0, 0.1) is 5.92 Å². The summed E-state index contributed by atoms with van der Waals surface area (Å²) in [7, 11) is 0. The molecule has 1 aromatic heterocycles. The van der Waals surface area contributed by atoms with Gasteiger partial charge in [-0.05, 0) is 0 Å². The maximum absolute atomic E-state index is 10.4. The maximum atomic E-state index is 10.4. The summed E-state index contributed by atoms with van der Waals surface area (Å²) < 4.78 is 0. The first-order valence-electron chi connectivity index (χ1n) is 3.55. The van der Waals surface area contributed by atoms with Gasteiger partial charge < -0.3 is 10.1 Å². The first-order valence-corrected chi connectivity index (χ1v) is 4.53. The van der Waals surface area contributed by atoms with Crippen LogP contribution in [0.2, 0.25) is 0 Å². The van der Waals surface area contributed by atoms with Gasteiger partial charge in [0, 0.05) is 18.1 Å². The molecular formula is C7H10N2O2S. The number of aromatic amines is 1. The minimum absolute atomic E-state index is 0.333. The number of thioether (sulfide) groups is 1. The number of hydrogen-bond acceptors (Lipinski definition) is 3. The molecule has 0 spiro atoms. The van der Waals surface area contributed by atoms with Gasteiger partial charge in [0.25, 0.3) is 0 Å². The van der Waals surface area contributed by atoms with E-state index in [1.807, 2.05) is 0 Å². The van der Waals surface area contributed by atoms with Crippen molar-refractivity contribution in [2.45, 2.75) is 12.1 Å². The predicted molar refractivity (Wildman–Crippen MR) is 46.1 cm³/mol. The van der Waals surface area contributed by atoms with Crippen LogP contribution in [-0.4, -0.2) is 26.8 Å². The molecule has 0 aliphatic rings. The topological polar surface area (TPSA) is 66.0 Å². The summed E-state index contributed by atoms with van der Waals surface area (Å²) in [5.74, 6) is -0.558. The summed E-state index contributed by atoms with van der Waals surface area (Å²) in [6, 6.07) is 0. The summed E-state index contributed by atoms with van der Waals surface area (Å²) in [5, 5.41) is 9.33. The summed E-state index contributed by atoms with van der Waals surface area (Å²) in [5.41, 5.74) is 0. The fourth-order valence-electron chi connectivity index (χ4n) is 0.605. The van der Waals surface area contributed by atoms with Gasteiger partial charge in [0.1, 0.15) is 0 Å². The maximum Gasteiger partial charge on any atom is 0.307 e. The van der Waals surface area contributed by atoms with Crippen LogP contribution in [-0.2, 0) is 4.79 Å². The first kappa shape index (κ1) is 9.12. The Bertz CT molecular complexity index is 248. The van der Waals surface area contributed by atoms with Crippen molar-refractivity contribution in [2.75, 3.05) is 5.75 Å². The number of aliphatic carboxylic acids is 1. The lowest BCUT2D eigenvalue weighted by atomic mass is 10.2. The number of hydrogen-bond donors (Lipinski definition) is 2. The zero-order valence-electron chi connectivity index (χ0n) is 6.65. The predicted octanol–water partition coefficient (Wildman–Crippen LogP) is 1.22. The summed E-state index contributed by atoms with van der Waals surface area (Å²) in [6.45, 7) is 1.68. The molecule has 1 aromatic rings. The molecule has 0 aromatic carbocycles. The highest BCUT2D eigenvalue weighted by atomic mass is 32.2. The van der Waals surface area contributed by atoms with Gasteiger partial charge in [0.05, 0.1) is 5.92 Å². The van der Waals surface area contributed by atoms with Crippen LogP contribution in [0.4, 0.5) is 0 Å². The molecule has 0 aliphatic heterocycles. The van der Waals surface area contributed by atoms with Crippen molar-refractivity contribution < 1.29 is 9.90 Å². The monoisotopic (exact) mass is 186 g/mol. The van der Waals surface area contributed by atoms with E-state index in [0.29, 0.717) is 5.75 Å². The van der Waals surface area contributed by atoms with Crippen molar-refractivity contribution in [3.05, 3.63) is 12.4 Å². The fourth-order valence-corrected chi connectivity index (χ4v) is 1.44. The Balaban J connectivity index is 2.31. The number of carboxylic acids is 1. The average molecular weight is 186 g/mol. The molecule has 0 saturated heterocycles. The van der Waals surface area contributed by atoms with Gasteiger partial charge in [-0.25, -0.2) is 4.98 Å². The average Bonchev–Trinajstić information content (AvgIpc) is 2.51. The second-order valence-electron chi connectivity index (χ2n) is 2.44. The third-order valence-electron chi connectivity index (χ3n) is 1.36. The quantitative estimate of drug-likeness (QED) is 0.694. The van der Waals surface area contributed by atoms with E-state index in [1.165, 1.54) is 11.8 Å². The summed E-state index contributed by atoms with van der Waals surface area (Å²) in [4.78, 5) is 17.3. The van der Waals surface area contributed by atoms with E-state index in [-0.39, 0.29) is 5.92 Å². The lowest BCUT2D eigenvalue weighted by Crippen LogP contribution is -2.11. The highest BCUT2D eigenvalue weighted by Crippen LogP contribution is 2.15. The Kier molecular flexibility index (Phi) is 3.16. The third-order valence-corrected chi connectivity index (χ3v) is 2.53. The van der Waals surface area contributed by atoms with Crippen molar-refractivity contribution >= 4 is 17.7 Å². The Hall–Kier alpha value is -0.970. The summed E-state index contributed by atoms with van der Waals surface area (Å²) in [6.07, 6.45) is 3.36. The second kappa shape index (κ2) is 4.15. The second-order valence-corrected chi connectivity index (χ2v) is 3.45. The molecule has 0 aliphatic carbocycles. The minimum Gasteiger partial charge on any atom is -0.481 e. The van der Waals surface area contributed by atoms with Crippen molar-refractivity contribution in [2.24, 2.45) is 5.92 Å². The van der Waals surface area contributed by atoms with E-state index in [2.05, 4.69) is 9.97 Å². The lowest BCUT2D eigenvalue weighted by molar-refractivity contribution is -0.140. The molecule has 1 unspecified atom stereocenters. The number of aromatic nitrogens is 2. The largest absolute Gasteiger partial charge is 0.481 e. The highest BCUT2D eigenvalue weighted by molar-refractivity contribution is 7.99. The van der Waals surface area contributed by atoms with Crippen LogP contribution >= 0.6 is 11.8 Å². The minimum atomic E-state index is -0.769. The number of imidazole rings is 1. The number of H-pyrrole nitrogens is 1. The van der Waals surface area contributed by atoms with Crippen LogP contribution in [0.5, 0.6) is 0 Å². The van der Waals surface area contributed by atoms with Crippen molar-refractivity contribution in [1.82, 2.24) is 9.97 Å². The standard InChI is InChI=1S/C7H10N2O2S/c1-5(6(10)11)4-12-7-8-2-3-9-7/h2-3,5H,4H2,1H3,(H,8,9)(H,10,11). The zero-order valence-corrected chi connectivity index (χ0v) is 7.47. The third kappa shape index (κ3) is 2.58. The molecule has 0 fully saturated rings. The van der Waals surface area contributed by atoms with Gasteiger partial charge >= 0.3 is 5.97 Å². The van der Waals surface area contributed by atoms with E-state index in [1.54, 1.807) is 19.3 Å². The number of carboxylic acid groups (broad SMARTS) is 1. The van der Waals surface area contributed by atoms with Gasteiger partial charge in [0.2, 0.25) is 0 Å². The molecule has 1 atom stereocenters. The molecule has 66 valence electrons. The van der Waals surface area contributed by atoms with Gasteiger partial charge in [-0.15, -0.1) is 0 Å². The molecule has 1 heterocycles. The van der Waals surface area contributed by atoms with E-state index in [4.69, 9.17) is 5.11 Å². The van der Waals surface area contributed by atoms with E-state index >= 15 is 0 Å². The normalized spacial score (nSPS) is 12.8. The molecule has 12 heavy (non-hydrogen) atoms. The summed E-state index contributed by atoms with van der Waals surface area (Å²) >= 11 is 1.42. The number of rotatable bonds is 4. The van der Waals surface area contributed by atoms with Crippen molar-refractivity contribution in [3.8, 4) is 0 Å². The van der Waals surface area contributed by atoms with Crippen LogP contribution in [0.25, 0.3) is 0 Å². The fraction of sp³-hybridized carbons (Fsp3) is 0.429. The number of nitrogens with one attached hydrogen (secondary N) is 1. The van der Waals surface area contributed by atoms with Crippen LogP contribution < -0.4 is 0 Å². The Morgan fingerprint density at radius 3 is 3.17 bits per heavy atom. The van der Waals surface area contributed by atoms with Gasteiger partial charge in [-0.2, -0.15) is 0 Å². The molecule has 2 N–H and O–H groups in total. The molecule has 4 nitrogen and oxygen atoms in total. The van der Waals surface area contributed by atoms with Crippen LogP contribution in [0.3, 0.4) is 0 Å². The molecule has 0 amide bonds. The number of nitrogens with zero attached hydrogens (tertiary/aromatic N) is 1. The van der Waals surface area contributed by atoms with E-state index in [0.717, 1.165) is 5.16 Å². The molecule has 1 rings (SSSR count). The zero-order chi connectivity index (χ0) is 8.97. The number of carbonyl (C=O) groups is 1. The van der Waals surface area contributed by atoms with E-state index < -0.39 is 5.97 Å². The van der Waals surface area contributed by atoms with Crippen LogP contribution in [0.15, 0.2) is 17.6 Å². The van der Waals surface area contributed by atoms with Crippen LogP contribution in [0.1, 0.15) is 6.92 Å². The van der Waals surface area contributed by atoms with Crippen molar-refractivity contribution in [3.63, 3.8) is 0 Å². The highest BCUT2D eigenvalue weighted by Gasteiger charge is 2.11. The van der Waals surface area contributed by atoms with Gasteiger partial charge in [-0.1, -0.05) is 18.7 Å². The van der Waals surface area contributed by atoms with Gasteiger partial charge in [-0.3, -0.25) is 4.79 Å². The van der Waals surface area contributed by atoms with Gasteiger partial charge in [0.15, 0.2) is 5.16 Å².